The second-order valence-electron chi connectivity index (χ2n) is 4.56. The van der Waals surface area contributed by atoms with Crippen molar-refractivity contribution in [2.75, 3.05) is 0 Å². The molecule has 3 aromatic rings. The van der Waals surface area contributed by atoms with Crippen LogP contribution in [0, 0.1) is 0 Å². The van der Waals surface area contributed by atoms with E-state index >= 15 is 0 Å². The van der Waals surface area contributed by atoms with Crippen molar-refractivity contribution in [2.24, 2.45) is 0 Å². The van der Waals surface area contributed by atoms with Gasteiger partial charge in [-0.05, 0) is 47.2 Å². The first kappa shape index (κ1) is 14.0. The lowest BCUT2D eigenvalue weighted by atomic mass is 10.1. The van der Waals surface area contributed by atoms with Gasteiger partial charge in [0, 0.05) is 0 Å². The van der Waals surface area contributed by atoms with Gasteiger partial charge in [-0.1, -0.05) is 0 Å². The van der Waals surface area contributed by atoms with E-state index in [2.05, 4.69) is 0 Å². The van der Waals surface area contributed by atoms with Crippen LogP contribution in [0.4, 0.5) is 0 Å². The summed E-state index contributed by atoms with van der Waals surface area (Å²) >= 11 is 2.77. The molecular formula is C16H8O5S2. The molecule has 0 aliphatic carbocycles. The molecule has 0 saturated carbocycles. The molecule has 1 aliphatic rings. The molecule has 3 heterocycles. The zero-order chi connectivity index (χ0) is 15.8. The van der Waals surface area contributed by atoms with Gasteiger partial charge in [-0.15, -0.1) is 22.7 Å². The summed E-state index contributed by atoms with van der Waals surface area (Å²) in [5, 5.41) is 4.94. The van der Waals surface area contributed by atoms with Gasteiger partial charge in [0.1, 0.15) is 22.6 Å². The first-order valence-corrected chi connectivity index (χ1v) is 8.34. The van der Waals surface area contributed by atoms with Crippen LogP contribution in [0.1, 0.15) is 20.7 Å². The summed E-state index contributed by atoms with van der Waals surface area (Å²) in [4.78, 5) is 24.0. The Morgan fingerprint density at radius 3 is 1.61 bits per heavy atom. The van der Waals surface area contributed by atoms with Gasteiger partial charge in [-0.2, -0.15) is 0 Å². The first-order chi connectivity index (χ1) is 11.2. The van der Waals surface area contributed by atoms with Crippen LogP contribution in [0.3, 0.4) is 0 Å². The summed E-state index contributed by atoms with van der Waals surface area (Å²) in [6.45, 7) is 0. The van der Waals surface area contributed by atoms with Gasteiger partial charge in [0.25, 0.3) is 0 Å². The van der Waals surface area contributed by atoms with Crippen LogP contribution in [-0.4, -0.2) is 11.9 Å². The molecule has 0 unspecified atom stereocenters. The Bertz CT molecular complexity index is 808. The van der Waals surface area contributed by atoms with Crippen LogP contribution in [0.25, 0.3) is 0 Å². The van der Waals surface area contributed by atoms with Crippen molar-refractivity contribution in [3.05, 3.63) is 58.3 Å². The van der Waals surface area contributed by atoms with Gasteiger partial charge in [-0.25, -0.2) is 9.59 Å². The van der Waals surface area contributed by atoms with E-state index in [4.69, 9.17) is 14.2 Å². The Morgan fingerprint density at radius 1 is 0.739 bits per heavy atom. The van der Waals surface area contributed by atoms with Gasteiger partial charge in [0.15, 0.2) is 10.1 Å². The summed E-state index contributed by atoms with van der Waals surface area (Å²) in [6, 6.07) is 10.4. The maximum absolute atomic E-state index is 12.0. The number of ether oxygens (including phenoxy) is 3. The summed E-state index contributed by atoms with van der Waals surface area (Å²) in [5.41, 5.74) is 0.190. The molecule has 0 radical (unpaired) electrons. The number of esters is 2. The second kappa shape index (κ2) is 5.53. The highest BCUT2D eigenvalue weighted by Gasteiger charge is 2.37. The molecule has 1 aliphatic heterocycles. The zero-order valence-corrected chi connectivity index (χ0v) is 13.1. The molecule has 7 heteroatoms. The van der Waals surface area contributed by atoms with Gasteiger partial charge >= 0.3 is 11.9 Å². The van der Waals surface area contributed by atoms with E-state index < -0.39 is 11.9 Å². The van der Waals surface area contributed by atoms with Gasteiger partial charge < -0.3 is 14.2 Å². The van der Waals surface area contributed by atoms with Crippen molar-refractivity contribution >= 4 is 34.6 Å². The third kappa shape index (κ3) is 2.49. The molecule has 0 atom stereocenters. The molecule has 0 N–H and O–H groups in total. The molecule has 2 aromatic heterocycles. The number of fused-ring (bicyclic) bond motifs is 1. The van der Waals surface area contributed by atoms with Crippen molar-refractivity contribution < 1.29 is 23.8 Å². The number of thiophene rings is 2. The Balaban J connectivity index is 1.79. The minimum atomic E-state index is -0.729. The lowest BCUT2D eigenvalue weighted by molar-refractivity contribution is 0.0442. The summed E-state index contributed by atoms with van der Waals surface area (Å²) < 4.78 is 16.1. The fraction of sp³-hybridized carbons (Fsp3) is 0. The quantitative estimate of drug-likeness (QED) is 0.507. The molecule has 4 rings (SSSR count). The number of hydrogen-bond acceptors (Lipinski definition) is 7. The van der Waals surface area contributed by atoms with E-state index in [0.717, 1.165) is 0 Å². The molecule has 0 amide bonds. The maximum atomic E-state index is 12.0. The highest BCUT2D eigenvalue weighted by Crippen LogP contribution is 2.40. The Kier molecular flexibility index (Phi) is 3.36. The normalized spacial score (nSPS) is 12.9. The van der Waals surface area contributed by atoms with E-state index in [1.165, 1.54) is 22.7 Å². The Morgan fingerprint density at radius 2 is 1.22 bits per heavy atom. The topological polar surface area (TPSA) is 61.8 Å². The van der Waals surface area contributed by atoms with Crippen LogP contribution in [0.5, 0.6) is 21.6 Å². The predicted molar refractivity (Wildman–Crippen MR) is 85.0 cm³/mol. The smallest absolute Gasteiger partial charge is 0.350 e. The van der Waals surface area contributed by atoms with Gasteiger partial charge in [-0.3, -0.25) is 0 Å². The number of cyclic esters (lactones) is 2. The summed E-state index contributed by atoms with van der Waals surface area (Å²) in [5.74, 6) is -0.907. The van der Waals surface area contributed by atoms with Crippen molar-refractivity contribution in [1.29, 1.82) is 0 Å². The lowest BCUT2D eigenvalue weighted by Gasteiger charge is -2.09. The molecule has 0 fully saturated rings. The number of carbonyl (C=O) groups excluding carboxylic acids is 2. The monoisotopic (exact) mass is 344 g/mol. The third-order valence-corrected chi connectivity index (χ3v) is 4.62. The van der Waals surface area contributed by atoms with Crippen LogP contribution >= 0.6 is 22.7 Å². The van der Waals surface area contributed by atoms with E-state index in [9.17, 15) is 9.59 Å². The molecule has 1 aromatic carbocycles. The second-order valence-corrected chi connectivity index (χ2v) is 6.38. The Hall–Kier alpha value is -2.64. The standard InChI is InChI=1S/C16H8O5S2/c17-15-13-9(19-11-3-1-7-22-11)5-6-10(14(13)16(18)21-15)20-12-4-2-8-23-12/h1-8H. The fourth-order valence-electron chi connectivity index (χ4n) is 2.19. The average Bonchev–Trinajstić information content (AvgIpc) is 3.25. The number of hydrogen-bond donors (Lipinski definition) is 0. The zero-order valence-electron chi connectivity index (χ0n) is 11.5. The van der Waals surface area contributed by atoms with Crippen molar-refractivity contribution in [2.45, 2.75) is 0 Å². The van der Waals surface area contributed by atoms with Gasteiger partial charge in [0.05, 0.1) is 0 Å². The third-order valence-electron chi connectivity index (χ3n) is 3.13. The van der Waals surface area contributed by atoms with Crippen molar-refractivity contribution in [1.82, 2.24) is 0 Å². The molecule has 0 saturated heterocycles. The molecule has 5 nitrogen and oxygen atoms in total. The molecule has 23 heavy (non-hydrogen) atoms. The van der Waals surface area contributed by atoms with E-state index in [0.29, 0.717) is 10.1 Å². The van der Waals surface area contributed by atoms with Crippen molar-refractivity contribution in [3.63, 3.8) is 0 Å². The van der Waals surface area contributed by atoms with Crippen LogP contribution in [0.2, 0.25) is 0 Å². The van der Waals surface area contributed by atoms with Crippen LogP contribution in [0.15, 0.2) is 47.2 Å². The Labute approximate surface area is 138 Å². The largest absolute Gasteiger partial charge is 0.446 e. The SMILES string of the molecule is O=C1OC(=O)c2c(Oc3cccs3)ccc(Oc3cccs3)c21. The van der Waals surface area contributed by atoms with E-state index in [1.54, 1.807) is 24.3 Å². The van der Waals surface area contributed by atoms with Crippen LogP contribution in [-0.2, 0) is 4.74 Å². The molecule has 0 bridgehead atoms. The minimum absolute atomic E-state index is 0.0949. The molecule has 114 valence electrons. The fourth-order valence-corrected chi connectivity index (χ4v) is 3.36. The highest BCUT2D eigenvalue weighted by atomic mass is 32.1. The van der Waals surface area contributed by atoms with Crippen molar-refractivity contribution in [3.8, 4) is 21.6 Å². The number of carbonyl (C=O) groups is 2. The predicted octanol–water partition coefficient (Wildman–Crippen LogP) is 4.70. The van der Waals surface area contributed by atoms with Crippen LogP contribution < -0.4 is 9.47 Å². The highest BCUT2D eigenvalue weighted by molar-refractivity contribution is 7.12. The maximum Gasteiger partial charge on any atom is 0.350 e. The molecular weight excluding hydrogens is 336 g/mol. The number of rotatable bonds is 4. The van der Waals surface area contributed by atoms with E-state index in [1.807, 2.05) is 22.9 Å². The van der Waals surface area contributed by atoms with E-state index in [-0.39, 0.29) is 22.6 Å². The van der Waals surface area contributed by atoms with Gasteiger partial charge in [0.2, 0.25) is 0 Å². The lowest BCUT2D eigenvalue weighted by Crippen LogP contribution is -1.98. The summed E-state index contributed by atoms with van der Waals surface area (Å²) in [6.07, 6.45) is 0. The minimum Gasteiger partial charge on any atom is -0.446 e. The molecule has 0 spiro atoms. The first-order valence-electron chi connectivity index (χ1n) is 6.58. The number of benzene rings is 1. The average molecular weight is 344 g/mol. The summed E-state index contributed by atoms with van der Waals surface area (Å²) in [7, 11) is 0.